The van der Waals surface area contributed by atoms with Gasteiger partial charge in [0.05, 0.1) is 6.61 Å². The van der Waals surface area contributed by atoms with Gasteiger partial charge in [0.25, 0.3) is 0 Å². The van der Waals surface area contributed by atoms with E-state index in [1.165, 1.54) is 33.1 Å². The highest BCUT2D eigenvalue weighted by Crippen LogP contribution is 2.19. The Morgan fingerprint density at radius 2 is 1.62 bits per heavy atom. The van der Waals surface area contributed by atoms with Gasteiger partial charge in [-0.15, -0.1) is 0 Å². The van der Waals surface area contributed by atoms with Crippen LogP contribution in [0.2, 0.25) is 0 Å². The molecule has 0 atom stereocenters. The standard InChI is InChI=1S/C8H14O2.C4H8O2/c1-7(9)10-8-5-3-2-4-6-8;1-3-6-4(2)5/h8H,2-6H2,1H3;3H2,1-2H3. The molecular formula is C12H22O4. The van der Waals surface area contributed by atoms with Crippen molar-refractivity contribution in [3.63, 3.8) is 0 Å². The molecule has 4 heteroatoms. The molecule has 0 N–H and O–H groups in total. The van der Waals surface area contributed by atoms with Crippen molar-refractivity contribution < 1.29 is 19.1 Å². The molecule has 94 valence electrons. The highest BCUT2D eigenvalue weighted by Gasteiger charge is 2.14. The molecule has 0 aromatic carbocycles. The number of esters is 2. The van der Waals surface area contributed by atoms with E-state index in [-0.39, 0.29) is 18.0 Å². The van der Waals surface area contributed by atoms with Crippen LogP contribution in [0.15, 0.2) is 0 Å². The van der Waals surface area contributed by atoms with Crippen LogP contribution in [0.25, 0.3) is 0 Å². The van der Waals surface area contributed by atoms with Crippen LogP contribution in [0, 0.1) is 0 Å². The van der Waals surface area contributed by atoms with E-state index in [9.17, 15) is 9.59 Å². The summed E-state index contributed by atoms with van der Waals surface area (Å²) in [5, 5.41) is 0. The third kappa shape index (κ3) is 9.49. The fourth-order valence-electron chi connectivity index (χ4n) is 1.62. The molecule has 0 aromatic heterocycles. The number of hydrogen-bond acceptors (Lipinski definition) is 4. The Balaban J connectivity index is 0.000000325. The van der Waals surface area contributed by atoms with Crippen molar-refractivity contribution in [3.8, 4) is 0 Å². The Hall–Kier alpha value is -1.06. The Kier molecular flexibility index (Phi) is 8.58. The highest BCUT2D eigenvalue weighted by atomic mass is 16.5. The van der Waals surface area contributed by atoms with Gasteiger partial charge in [-0.1, -0.05) is 6.42 Å². The maximum absolute atomic E-state index is 10.5. The van der Waals surface area contributed by atoms with Crippen LogP contribution in [0.3, 0.4) is 0 Å². The van der Waals surface area contributed by atoms with Gasteiger partial charge in [-0.25, -0.2) is 0 Å². The van der Waals surface area contributed by atoms with Crippen molar-refractivity contribution in [1.82, 2.24) is 0 Å². The second-order valence-electron chi connectivity index (χ2n) is 3.79. The fourth-order valence-corrected chi connectivity index (χ4v) is 1.62. The minimum Gasteiger partial charge on any atom is -0.466 e. The van der Waals surface area contributed by atoms with Crippen molar-refractivity contribution in [2.45, 2.75) is 59.0 Å². The Labute approximate surface area is 97.3 Å². The second kappa shape index (κ2) is 9.19. The smallest absolute Gasteiger partial charge is 0.302 e. The number of ether oxygens (including phenoxy) is 2. The second-order valence-corrected chi connectivity index (χ2v) is 3.79. The molecule has 0 bridgehead atoms. The Morgan fingerprint density at radius 1 is 1.06 bits per heavy atom. The van der Waals surface area contributed by atoms with Crippen molar-refractivity contribution >= 4 is 11.9 Å². The maximum atomic E-state index is 10.5. The summed E-state index contributed by atoms with van der Waals surface area (Å²) in [7, 11) is 0. The predicted octanol–water partition coefficient (Wildman–Crippen LogP) is 2.45. The molecule has 0 radical (unpaired) electrons. The molecule has 16 heavy (non-hydrogen) atoms. The van der Waals surface area contributed by atoms with Gasteiger partial charge in [0.15, 0.2) is 0 Å². The highest BCUT2D eigenvalue weighted by molar-refractivity contribution is 5.66. The van der Waals surface area contributed by atoms with Gasteiger partial charge in [0.1, 0.15) is 6.10 Å². The van der Waals surface area contributed by atoms with Crippen molar-refractivity contribution in [2.24, 2.45) is 0 Å². The minimum atomic E-state index is -0.211. The summed E-state index contributed by atoms with van der Waals surface area (Å²) < 4.78 is 9.46. The van der Waals surface area contributed by atoms with Crippen molar-refractivity contribution in [2.75, 3.05) is 6.61 Å². The minimum absolute atomic E-state index is 0.132. The zero-order valence-electron chi connectivity index (χ0n) is 10.5. The van der Waals surface area contributed by atoms with Crippen LogP contribution in [-0.4, -0.2) is 24.6 Å². The van der Waals surface area contributed by atoms with Crippen LogP contribution in [0.4, 0.5) is 0 Å². The van der Waals surface area contributed by atoms with E-state index in [2.05, 4.69) is 4.74 Å². The van der Waals surface area contributed by atoms with Gasteiger partial charge >= 0.3 is 11.9 Å². The molecule has 1 aliphatic carbocycles. The first-order valence-electron chi connectivity index (χ1n) is 5.86. The summed E-state index contributed by atoms with van der Waals surface area (Å²) in [6, 6.07) is 0. The van der Waals surface area contributed by atoms with Gasteiger partial charge in [0.2, 0.25) is 0 Å². The lowest BCUT2D eigenvalue weighted by Gasteiger charge is -2.20. The molecule has 1 fully saturated rings. The Morgan fingerprint density at radius 3 is 1.94 bits per heavy atom. The van der Waals surface area contributed by atoms with E-state index in [4.69, 9.17) is 4.74 Å². The summed E-state index contributed by atoms with van der Waals surface area (Å²) in [6.45, 7) is 5.13. The fraction of sp³-hybridized carbons (Fsp3) is 0.833. The van der Waals surface area contributed by atoms with Gasteiger partial charge in [-0.3, -0.25) is 9.59 Å². The lowest BCUT2D eigenvalue weighted by Crippen LogP contribution is -2.18. The summed E-state index contributed by atoms with van der Waals surface area (Å²) >= 11 is 0. The zero-order valence-corrected chi connectivity index (χ0v) is 10.5. The summed E-state index contributed by atoms with van der Waals surface area (Å²) in [5.74, 6) is -0.343. The van der Waals surface area contributed by atoms with Crippen LogP contribution >= 0.6 is 0 Å². The summed E-state index contributed by atoms with van der Waals surface area (Å²) in [6.07, 6.45) is 6.11. The quantitative estimate of drug-likeness (QED) is 0.684. The largest absolute Gasteiger partial charge is 0.466 e. The molecule has 0 saturated heterocycles. The third-order valence-electron chi connectivity index (χ3n) is 2.23. The van der Waals surface area contributed by atoms with Crippen LogP contribution in [0.1, 0.15) is 52.9 Å². The van der Waals surface area contributed by atoms with E-state index >= 15 is 0 Å². The van der Waals surface area contributed by atoms with E-state index in [0.29, 0.717) is 6.61 Å². The van der Waals surface area contributed by atoms with Gasteiger partial charge in [-0.05, 0) is 32.6 Å². The van der Waals surface area contributed by atoms with Crippen molar-refractivity contribution in [3.05, 3.63) is 0 Å². The van der Waals surface area contributed by atoms with Gasteiger partial charge in [-0.2, -0.15) is 0 Å². The van der Waals surface area contributed by atoms with Crippen LogP contribution < -0.4 is 0 Å². The molecule has 0 spiro atoms. The number of hydrogen-bond donors (Lipinski definition) is 0. The first kappa shape index (κ1) is 14.9. The summed E-state index contributed by atoms with van der Waals surface area (Å²) in [5.41, 5.74) is 0. The molecule has 1 aliphatic rings. The lowest BCUT2D eigenvalue weighted by molar-refractivity contribution is -0.147. The molecule has 1 saturated carbocycles. The average Bonchev–Trinajstić information content (AvgIpc) is 2.18. The van der Waals surface area contributed by atoms with E-state index in [1.54, 1.807) is 6.92 Å². The first-order chi connectivity index (χ1) is 7.56. The molecule has 1 rings (SSSR count). The SMILES string of the molecule is CC(=O)OC1CCCCC1.CCOC(C)=O. The molecule has 0 aromatic rings. The van der Waals surface area contributed by atoms with Crippen LogP contribution in [-0.2, 0) is 19.1 Å². The van der Waals surface area contributed by atoms with E-state index in [0.717, 1.165) is 12.8 Å². The summed E-state index contributed by atoms with van der Waals surface area (Å²) in [4.78, 5) is 20.3. The number of rotatable bonds is 2. The molecule has 0 amide bonds. The molecule has 0 aliphatic heterocycles. The lowest BCUT2D eigenvalue weighted by atomic mass is 9.98. The third-order valence-corrected chi connectivity index (χ3v) is 2.23. The molecular weight excluding hydrogens is 208 g/mol. The van der Waals surface area contributed by atoms with Crippen molar-refractivity contribution in [1.29, 1.82) is 0 Å². The number of carbonyl (C=O) groups is 2. The number of carbonyl (C=O) groups excluding carboxylic acids is 2. The van der Waals surface area contributed by atoms with E-state index < -0.39 is 0 Å². The average molecular weight is 230 g/mol. The van der Waals surface area contributed by atoms with E-state index in [1.807, 2.05) is 0 Å². The van der Waals surface area contributed by atoms with Gasteiger partial charge < -0.3 is 9.47 Å². The van der Waals surface area contributed by atoms with Crippen LogP contribution in [0.5, 0.6) is 0 Å². The normalized spacial score (nSPS) is 15.7. The maximum Gasteiger partial charge on any atom is 0.302 e. The zero-order chi connectivity index (χ0) is 12.4. The Bertz CT molecular complexity index is 207. The molecule has 4 nitrogen and oxygen atoms in total. The topological polar surface area (TPSA) is 52.6 Å². The molecule has 0 unspecified atom stereocenters. The van der Waals surface area contributed by atoms with Gasteiger partial charge in [0, 0.05) is 13.8 Å². The molecule has 0 heterocycles. The monoisotopic (exact) mass is 230 g/mol. The predicted molar refractivity (Wildman–Crippen MR) is 60.9 cm³/mol. The first-order valence-corrected chi connectivity index (χ1v) is 5.86.